The number of nitrogens with zero attached hydrogens (tertiary/aromatic N) is 4. The summed E-state index contributed by atoms with van der Waals surface area (Å²) in [5, 5.41) is 16.2. The van der Waals surface area contributed by atoms with E-state index in [1.54, 1.807) is 85.3 Å². The molecule has 0 bridgehead atoms. The molecule has 0 atom stereocenters. The van der Waals surface area contributed by atoms with Gasteiger partial charge in [-0.15, -0.1) is 11.3 Å². The van der Waals surface area contributed by atoms with Crippen molar-refractivity contribution in [3.05, 3.63) is 130 Å². The third kappa shape index (κ3) is 5.32. The van der Waals surface area contributed by atoms with Crippen molar-refractivity contribution >= 4 is 43.1 Å². The first-order valence-electron chi connectivity index (χ1n) is 13.3. The number of fused-ring (bicyclic) bond motifs is 1. The lowest BCUT2D eigenvalue weighted by Gasteiger charge is -2.18. The fourth-order valence-corrected chi connectivity index (χ4v) is 6.74. The van der Waals surface area contributed by atoms with Gasteiger partial charge in [0, 0.05) is 28.3 Å². The summed E-state index contributed by atoms with van der Waals surface area (Å²) in [6, 6.07) is 25.6. The Balaban J connectivity index is 1.53. The number of nitrogens with one attached hydrogen (secondary N) is 1. The summed E-state index contributed by atoms with van der Waals surface area (Å²) >= 11 is 1.16. The maximum atomic E-state index is 14.0. The molecule has 44 heavy (non-hydrogen) atoms. The minimum atomic E-state index is -3.91. The zero-order valence-corrected chi connectivity index (χ0v) is 25.1. The number of hydrogen-bond acceptors (Lipinski definition) is 9. The number of rotatable bonds is 8. The predicted molar refractivity (Wildman–Crippen MR) is 171 cm³/mol. The van der Waals surface area contributed by atoms with Crippen LogP contribution in [-0.4, -0.2) is 41.0 Å². The fourth-order valence-electron chi connectivity index (χ4n) is 4.95. The topological polar surface area (TPSA) is 136 Å². The number of benzene rings is 4. The monoisotopic (exact) mass is 623 g/mol. The molecule has 2 heterocycles. The lowest BCUT2D eigenvalue weighted by atomic mass is 9.95. The summed E-state index contributed by atoms with van der Waals surface area (Å²) in [5.41, 5.74) is 3.34. The highest BCUT2D eigenvalue weighted by Gasteiger charge is 2.22. The molecular weight excluding hydrogens is 599 g/mol. The number of oxime groups is 1. The predicted octanol–water partition coefficient (Wildman–Crippen LogP) is 5.85. The molecule has 0 aliphatic heterocycles. The second-order valence-electron chi connectivity index (χ2n) is 9.71. The van der Waals surface area contributed by atoms with Crippen LogP contribution in [0.25, 0.3) is 28.0 Å². The van der Waals surface area contributed by atoms with Crippen molar-refractivity contribution < 1.29 is 18.4 Å². The summed E-state index contributed by atoms with van der Waals surface area (Å²) in [6.45, 7) is 1.89. The fraction of sp³-hybridized carbons (Fsp3) is 0.0625. The number of thiazole rings is 1. The number of aryl methyl sites for hydroxylation is 1. The van der Waals surface area contributed by atoms with Gasteiger partial charge < -0.3 is 9.94 Å². The normalized spacial score (nSPS) is 11.9. The molecule has 0 unspecified atom stereocenters. The first-order valence-corrected chi connectivity index (χ1v) is 15.7. The van der Waals surface area contributed by atoms with Gasteiger partial charge in [-0.3, -0.25) is 14.1 Å². The van der Waals surface area contributed by atoms with Crippen LogP contribution in [0.1, 0.15) is 16.7 Å². The molecule has 2 aromatic heterocycles. The van der Waals surface area contributed by atoms with Crippen LogP contribution in [0.4, 0.5) is 5.13 Å². The van der Waals surface area contributed by atoms with Gasteiger partial charge in [-0.25, -0.2) is 18.4 Å². The Hall–Kier alpha value is -5.33. The van der Waals surface area contributed by atoms with Crippen molar-refractivity contribution in [2.75, 3.05) is 11.8 Å². The second-order valence-corrected chi connectivity index (χ2v) is 12.3. The van der Waals surface area contributed by atoms with Gasteiger partial charge in [-0.05, 0) is 67.1 Å². The molecule has 6 aromatic rings. The molecule has 6 rings (SSSR count). The van der Waals surface area contributed by atoms with Gasteiger partial charge in [0.15, 0.2) is 5.13 Å². The Bertz CT molecular complexity index is 2190. The molecule has 0 spiro atoms. The van der Waals surface area contributed by atoms with Gasteiger partial charge in [-0.2, -0.15) is 0 Å². The molecule has 0 amide bonds. The molecule has 2 N–H and O–H groups in total. The van der Waals surface area contributed by atoms with Crippen LogP contribution in [0.3, 0.4) is 0 Å². The lowest BCUT2D eigenvalue weighted by molar-refractivity contribution is 0.319. The molecule has 0 aliphatic carbocycles. The SMILES string of the molecule is COc1ccc(/C(=N\O)c2ccccc2-c2nc3ccccc3c(=O)n2-c2ccc(S(=O)(=O)Nc3nccs3)cc2)cc1C. The van der Waals surface area contributed by atoms with Gasteiger partial charge in [-0.1, -0.05) is 41.6 Å². The van der Waals surface area contributed by atoms with Gasteiger partial charge in [0.2, 0.25) is 0 Å². The lowest BCUT2D eigenvalue weighted by Crippen LogP contribution is -2.23. The largest absolute Gasteiger partial charge is 0.496 e. The minimum Gasteiger partial charge on any atom is -0.496 e. The zero-order valence-electron chi connectivity index (χ0n) is 23.5. The van der Waals surface area contributed by atoms with E-state index in [2.05, 4.69) is 14.9 Å². The Morgan fingerprint density at radius 3 is 2.45 bits per heavy atom. The summed E-state index contributed by atoms with van der Waals surface area (Å²) in [7, 11) is -2.32. The Kier molecular flexibility index (Phi) is 7.68. The number of hydrogen-bond donors (Lipinski definition) is 2. The highest BCUT2D eigenvalue weighted by Crippen LogP contribution is 2.29. The number of sulfonamides is 1. The average Bonchev–Trinajstić information content (AvgIpc) is 3.54. The van der Waals surface area contributed by atoms with Crippen LogP contribution < -0.4 is 15.0 Å². The molecular formula is C32H25N5O5S2. The summed E-state index contributed by atoms with van der Waals surface area (Å²) < 4.78 is 35.2. The van der Waals surface area contributed by atoms with E-state index in [1.165, 1.54) is 22.9 Å². The third-order valence-electron chi connectivity index (χ3n) is 7.03. The van der Waals surface area contributed by atoms with E-state index < -0.39 is 10.0 Å². The van der Waals surface area contributed by atoms with Crippen molar-refractivity contribution in [3.63, 3.8) is 0 Å². The molecule has 0 saturated heterocycles. The molecule has 0 saturated carbocycles. The third-order valence-corrected chi connectivity index (χ3v) is 9.20. The van der Waals surface area contributed by atoms with Gasteiger partial charge in [0.05, 0.1) is 28.6 Å². The summed E-state index contributed by atoms with van der Waals surface area (Å²) in [6.07, 6.45) is 1.51. The van der Waals surface area contributed by atoms with Crippen molar-refractivity contribution in [1.29, 1.82) is 0 Å². The van der Waals surface area contributed by atoms with Gasteiger partial charge in [0.25, 0.3) is 15.6 Å². The zero-order chi connectivity index (χ0) is 30.8. The van der Waals surface area contributed by atoms with Crippen LogP contribution in [0, 0.1) is 6.92 Å². The second kappa shape index (κ2) is 11.7. The summed E-state index contributed by atoms with van der Waals surface area (Å²) in [5.74, 6) is 0.976. The van der Waals surface area contributed by atoms with Crippen molar-refractivity contribution in [2.45, 2.75) is 11.8 Å². The number of methoxy groups -OCH3 is 1. The van der Waals surface area contributed by atoms with Gasteiger partial charge in [0.1, 0.15) is 17.3 Å². The van der Waals surface area contributed by atoms with Crippen molar-refractivity contribution in [1.82, 2.24) is 14.5 Å². The van der Waals surface area contributed by atoms with E-state index in [9.17, 15) is 18.4 Å². The standard InChI is InChI=1S/C32H25N5O5S2/c1-20-19-21(11-16-28(20)42-2)29(35-39)24-7-3-4-8-25(24)30-34-27-10-6-5-9-26(27)31(38)37(30)22-12-14-23(15-13-22)44(40,41)36-32-33-17-18-43-32/h3-19,39H,1-2H3,(H,33,36)/b35-29+. The molecule has 12 heteroatoms. The minimum absolute atomic E-state index is 0.00442. The number of ether oxygens (including phenoxy) is 1. The Morgan fingerprint density at radius 2 is 1.75 bits per heavy atom. The van der Waals surface area contributed by atoms with Crippen LogP contribution in [-0.2, 0) is 10.0 Å². The van der Waals surface area contributed by atoms with Crippen molar-refractivity contribution in [2.24, 2.45) is 5.16 Å². The number of para-hydroxylation sites is 1. The molecule has 0 aliphatic rings. The van der Waals surface area contributed by atoms with Crippen LogP contribution in [0.2, 0.25) is 0 Å². The van der Waals surface area contributed by atoms with E-state index >= 15 is 0 Å². The Labute approximate surface area is 256 Å². The average molecular weight is 624 g/mol. The van der Waals surface area contributed by atoms with E-state index in [4.69, 9.17) is 9.72 Å². The molecule has 10 nitrogen and oxygen atoms in total. The first kappa shape index (κ1) is 28.8. The Morgan fingerprint density at radius 1 is 1.00 bits per heavy atom. The van der Waals surface area contributed by atoms with E-state index in [-0.39, 0.29) is 27.1 Å². The van der Waals surface area contributed by atoms with E-state index in [0.29, 0.717) is 39.0 Å². The molecule has 0 radical (unpaired) electrons. The molecule has 220 valence electrons. The smallest absolute Gasteiger partial charge is 0.266 e. The van der Waals surface area contributed by atoms with Crippen LogP contribution >= 0.6 is 11.3 Å². The summed E-state index contributed by atoms with van der Waals surface area (Å²) in [4.78, 5) is 22.9. The quantitative estimate of drug-likeness (QED) is 0.123. The van der Waals surface area contributed by atoms with Crippen molar-refractivity contribution in [3.8, 4) is 22.8 Å². The van der Waals surface area contributed by atoms with Crippen LogP contribution in [0.15, 0.2) is 117 Å². The number of anilines is 1. The maximum Gasteiger partial charge on any atom is 0.266 e. The van der Waals surface area contributed by atoms with Crippen LogP contribution in [0.5, 0.6) is 5.75 Å². The van der Waals surface area contributed by atoms with E-state index in [0.717, 1.165) is 16.9 Å². The molecule has 4 aromatic carbocycles. The highest BCUT2D eigenvalue weighted by atomic mass is 32.2. The number of aromatic nitrogens is 3. The first-order chi connectivity index (χ1) is 21.3. The molecule has 0 fully saturated rings. The van der Waals surface area contributed by atoms with Gasteiger partial charge >= 0.3 is 0 Å². The van der Waals surface area contributed by atoms with E-state index in [1.807, 2.05) is 13.0 Å². The maximum absolute atomic E-state index is 14.0. The highest BCUT2D eigenvalue weighted by molar-refractivity contribution is 7.93.